The standard InChI is InChI=1S/C17H28N4O2Si/c1-5-6-8-13-15(19-17(22)20-21-18)16(23-24(2,3)4)14-11-9-7-10-12-14/h7,9-12,15-16H,5-6,8,13H2,1-4H3,(H,19,22)/t15-,16-/m1/s1. The van der Waals surface area contributed by atoms with E-state index in [-0.39, 0.29) is 12.1 Å². The maximum Gasteiger partial charge on any atom is 0.308 e. The van der Waals surface area contributed by atoms with Crippen molar-refractivity contribution in [1.29, 1.82) is 0 Å². The van der Waals surface area contributed by atoms with Gasteiger partial charge in [-0.1, -0.05) is 56.5 Å². The summed E-state index contributed by atoms with van der Waals surface area (Å²) < 4.78 is 6.39. The highest BCUT2D eigenvalue weighted by atomic mass is 28.4. The fourth-order valence-electron chi connectivity index (χ4n) is 2.55. The molecule has 132 valence electrons. The number of urea groups is 1. The minimum absolute atomic E-state index is 0.219. The van der Waals surface area contributed by atoms with Gasteiger partial charge in [0.05, 0.1) is 12.1 Å². The highest BCUT2D eigenvalue weighted by Gasteiger charge is 2.30. The molecule has 24 heavy (non-hydrogen) atoms. The number of azide groups is 1. The lowest BCUT2D eigenvalue weighted by Crippen LogP contribution is -2.42. The smallest absolute Gasteiger partial charge is 0.308 e. The van der Waals surface area contributed by atoms with Crippen LogP contribution in [0.1, 0.15) is 44.3 Å². The normalized spacial score (nSPS) is 13.7. The molecule has 1 aromatic carbocycles. The van der Waals surface area contributed by atoms with Gasteiger partial charge in [-0.25, -0.2) is 0 Å². The average molecular weight is 349 g/mol. The molecular formula is C17H28N4O2Si. The van der Waals surface area contributed by atoms with Crippen LogP contribution in [0.3, 0.4) is 0 Å². The van der Waals surface area contributed by atoms with Crippen molar-refractivity contribution in [1.82, 2.24) is 5.32 Å². The van der Waals surface area contributed by atoms with Crippen LogP contribution in [-0.4, -0.2) is 20.4 Å². The minimum Gasteiger partial charge on any atom is -0.409 e. The lowest BCUT2D eigenvalue weighted by atomic mass is 9.97. The molecule has 1 rings (SSSR count). The molecule has 0 spiro atoms. The first-order valence-corrected chi connectivity index (χ1v) is 11.9. The molecule has 2 amide bonds. The number of carbonyl (C=O) groups excluding carboxylic acids is 1. The lowest BCUT2D eigenvalue weighted by molar-refractivity contribution is 0.142. The predicted molar refractivity (Wildman–Crippen MR) is 99.2 cm³/mol. The maximum absolute atomic E-state index is 11.8. The number of unbranched alkanes of at least 4 members (excludes halogenated alkanes) is 2. The van der Waals surface area contributed by atoms with Crippen molar-refractivity contribution in [2.45, 2.75) is 64.4 Å². The third kappa shape index (κ3) is 7.63. The fraction of sp³-hybridized carbons (Fsp3) is 0.588. The predicted octanol–water partition coefficient (Wildman–Crippen LogP) is 5.55. The van der Waals surface area contributed by atoms with E-state index in [2.05, 4.69) is 41.9 Å². The van der Waals surface area contributed by atoms with Gasteiger partial charge in [0.25, 0.3) is 0 Å². The van der Waals surface area contributed by atoms with E-state index in [0.29, 0.717) is 0 Å². The number of rotatable bonds is 9. The van der Waals surface area contributed by atoms with Crippen molar-refractivity contribution in [3.8, 4) is 0 Å². The van der Waals surface area contributed by atoms with Crippen LogP contribution in [0.15, 0.2) is 35.4 Å². The minimum atomic E-state index is -1.84. The molecule has 0 saturated heterocycles. The van der Waals surface area contributed by atoms with Crippen molar-refractivity contribution in [2.24, 2.45) is 5.11 Å². The quantitative estimate of drug-likeness (QED) is 0.208. The van der Waals surface area contributed by atoms with Crippen LogP contribution < -0.4 is 5.32 Å². The van der Waals surface area contributed by atoms with Gasteiger partial charge in [0.1, 0.15) is 0 Å². The molecule has 2 atom stereocenters. The fourth-order valence-corrected chi connectivity index (χ4v) is 3.61. The van der Waals surface area contributed by atoms with E-state index in [0.717, 1.165) is 31.2 Å². The zero-order chi connectivity index (χ0) is 18.0. The van der Waals surface area contributed by atoms with E-state index in [4.69, 9.17) is 9.96 Å². The molecule has 0 aromatic heterocycles. The summed E-state index contributed by atoms with van der Waals surface area (Å²) in [6.07, 6.45) is 3.71. The van der Waals surface area contributed by atoms with Crippen molar-refractivity contribution < 1.29 is 9.22 Å². The van der Waals surface area contributed by atoms with Crippen LogP contribution in [-0.2, 0) is 4.43 Å². The Kier molecular flexibility index (Phi) is 8.53. The van der Waals surface area contributed by atoms with Crippen molar-refractivity contribution >= 4 is 14.3 Å². The summed E-state index contributed by atoms with van der Waals surface area (Å²) in [5, 5.41) is 5.99. The Hall–Kier alpha value is -1.82. The van der Waals surface area contributed by atoms with E-state index < -0.39 is 14.3 Å². The maximum atomic E-state index is 11.8. The SMILES string of the molecule is CCCCC[C@@H](NC(=O)N=[N+]=[N-])[C@H](O[Si](C)(C)C)c1ccccc1. The Labute approximate surface area is 145 Å². The molecule has 0 bridgehead atoms. The Morgan fingerprint density at radius 2 is 1.96 bits per heavy atom. The molecular weight excluding hydrogens is 320 g/mol. The topological polar surface area (TPSA) is 87.1 Å². The molecule has 0 radical (unpaired) electrons. The van der Waals surface area contributed by atoms with Crippen LogP contribution >= 0.6 is 0 Å². The first-order valence-electron chi connectivity index (χ1n) is 8.45. The largest absolute Gasteiger partial charge is 0.409 e. The van der Waals surface area contributed by atoms with E-state index in [1.165, 1.54) is 0 Å². The Morgan fingerprint density at radius 1 is 1.29 bits per heavy atom. The van der Waals surface area contributed by atoms with Gasteiger partial charge in [-0.05, 0) is 37.2 Å². The summed E-state index contributed by atoms with van der Waals surface area (Å²) in [4.78, 5) is 14.4. The monoisotopic (exact) mass is 348 g/mol. The van der Waals surface area contributed by atoms with E-state index >= 15 is 0 Å². The van der Waals surface area contributed by atoms with Gasteiger partial charge in [0.2, 0.25) is 0 Å². The van der Waals surface area contributed by atoms with Gasteiger partial charge in [-0.2, -0.15) is 0 Å². The number of nitrogens with one attached hydrogen (secondary N) is 1. The Bertz CT molecular complexity index is 553. The first-order chi connectivity index (χ1) is 11.4. The Balaban J connectivity index is 3.06. The number of benzene rings is 1. The molecule has 0 heterocycles. The third-order valence-corrected chi connectivity index (χ3v) is 4.50. The van der Waals surface area contributed by atoms with Crippen LogP contribution in [0.5, 0.6) is 0 Å². The van der Waals surface area contributed by atoms with E-state index in [1.807, 2.05) is 30.3 Å². The van der Waals surface area contributed by atoms with Gasteiger partial charge in [0, 0.05) is 10.0 Å². The number of amides is 2. The molecule has 0 aliphatic heterocycles. The summed E-state index contributed by atoms with van der Waals surface area (Å²) in [5.74, 6) is 0. The third-order valence-electron chi connectivity index (χ3n) is 3.54. The number of hydrogen-bond acceptors (Lipinski definition) is 2. The van der Waals surface area contributed by atoms with Gasteiger partial charge in [-0.3, -0.25) is 4.79 Å². The molecule has 0 aliphatic carbocycles. The second-order valence-electron chi connectivity index (χ2n) is 6.80. The number of carbonyl (C=O) groups is 1. The summed E-state index contributed by atoms with van der Waals surface area (Å²) in [6, 6.07) is 9.04. The number of nitrogens with zero attached hydrogens (tertiary/aromatic N) is 3. The summed E-state index contributed by atoms with van der Waals surface area (Å²) in [5.41, 5.74) is 9.51. The number of hydrogen-bond donors (Lipinski definition) is 1. The van der Waals surface area contributed by atoms with Crippen LogP contribution in [0.4, 0.5) is 4.79 Å². The average Bonchev–Trinajstić information content (AvgIpc) is 2.52. The van der Waals surface area contributed by atoms with Crippen molar-refractivity contribution in [2.75, 3.05) is 0 Å². The molecule has 6 nitrogen and oxygen atoms in total. The zero-order valence-electron chi connectivity index (χ0n) is 15.0. The molecule has 0 unspecified atom stereocenters. The highest BCUT2D eigenvalue weighted by Crippen LogP contribution is 2.28. The zero-order valence-corrected chi connectivity index (χ0v) is 16.0. The molecule has 1 N–H and O–H groups in total. The molecule has 0 fully saturated rings. The molecule has 7 heteroatoms. The molecule has 1 aromatic rings. The van der Waals surface area contributed by atoms with Crippen molar-refractivity contribution in [3.63, 3.8) is 0 Å². The van der Waals surface area contributed by atoms with Crippen LogP contribution in [0.2, 0.25) is 19.6 Å². The summed E-state index contributed by atoms with van der Waals surface area (Å²) in [7, 11) is -1.84. The first kappa shape index (κ1) is 20.2. The van der Waals surface area contributed by atoms with Gasteiger partial charge in [0.15, 0.2) is 8.32 Å². The highest BCUT2D eigenvalue weighted by molar-refractivity contribution is 6.69. The van der Waals surface area contributed by atoms with Crippen molar-refractivity contribution in [3.05, 3.63) is 46.3 Å². The molecule has 0 aliphatic rings. The van der Waals surface area contributed by atoms with Gasteiger partial charge in [-0.15, -0.1) is 0 Å². The Morgan fingerprint density at radius 3 is 2.50 bits per heavy atom. The lowest BCUT2D eigenvalue weighted by Gasteiger charge is -2.33. The van der Waals surface area contributed by atoms with Crippen LogP contribution in [0, 0.1) is 0 Å². The second kappa shape index (κ2) is 10.1. The second-order valence-corrected chi connectivity index (χ2v) is 11.3. The van der Waals surface area contributed by atoms with E-state index in [9.17, 15) is 4.79 Å². The molecule has 0 saturated carbocycles. The van der Waals surface area contributed by atoms with Gasteiger partial charge >= 0.3 is 6.03 Å². The summed E-state index contributed by atoms with van der Waals surface area (Å²) in [6.45, 7) is 8.52. The van der Waals surface area contributed by atoms with Gasteiger partial charge < -0.3 is 9.74 Å². The van der Waals surface area contributed by atoms with Crippen LogP contribution in [0.25, 0.3) is 10.4 Å². The summed E-state index contributed by atoms with van der Waals surface area (Å²) >= 11 is 0. The van der Waals surface area contributed by atoms with E-state index in [1.54, 1.807) is 0 Å².